The summed E-state index contributed by atoms with van der Waals surface area (Å²) in [5, 5.41) is 7.19. The molecule has 0 aliphatic rings. The van der Waals surface area contributed by atoms with Crippen molar-refractivity contribution in [1.82, 2.24) is 19.7 Å². The highest BCUT2D eigenvalue weighted by Gasteiger charge is 2.16. The van der Waals surface area contributed by atoms with E-state index in [2.05, 4.69) is 20.4 Å². The van der Waals surface area contributed by atoms with E-state index in [1.54, 1.807) is 30.6 Å². The molecule has 0 bridgehead atoms. The van der Waals surface area contributed by atoms with Crippen LogP contribution in [0.15, 0.2) is 55.1 Å². The Morgan fingerprint density at radius 3 is 2.89 bits per heavy atom. The number of fused-ring (bicyclic) bond motifs is 1. The van der Waals surface area contributed by atoms with Crippen molar-refractivity contribution in [2.45, 2.75) is 6.54 Å². The molecule has 3 aromatic heterocycles. The number of halogens is 2. The number of hydrogen-bond donors (Lipinski definition) is 2. The molecule has 0 fully saturated rings. The second kappa shape index (κ2) is 7.47. The second-order valence-electron chi connectivity index (χ2n) is 5.95. The lowest BCUT2D eigenvalue weighted by Gasteiger charge is -2.09. The standard InChI is InChI=1S/C19H15F2N5O2/c20-14-8-13-16(9-15(14)21)23-11-17(13)25-19(27)18-3-5-24-26(18)6-7-28-12-2-1-4-22-10-12/h1-5,8-11,23H,6-7H2,(H,25,27). The number of nitrogens with zero attached hydrogens (tertiary/aromatic N) is 3. The van der Waals surface area contributed by atoms with E-state index in [9.17, 15) is 13.6 Å². The Bertz CT molecular complexity index is 1120. The first-order valence-electron chi connectivity index (χ1n) is 8.44. The SMILES string of the molecule is O=C(Nc1c[nH]c2cc(F)c(F)cc12)c1ccnn1CCOc1cccnc1. The second-order valence-corrected chi connectivity index (χ2v) is 5.95. The molecule has 0 spiro atoms. The number of aromatic nitrogens is 4. The highest BCUT2D eigenvalue weighted by Crippen LogP contribution is 2.26. The van der Waals surface area contributed by atoms with Crippen molar-refractivity contribution < 1.29 is 18.3 Å². The van der Waals surface area contributed by atoms with Gasteiger partial charge in [-0.3, -0.25) is 14.5 Å². The van der Waals surface area contributed by atoms with Gasteiger partial charge in [0.2, 0.25) is 0 Å². The lowest BCUT2D eigenvalue weighted by atomic mass is 10.2. The van der Waals surface area contributed by atoms with Gasteiger partial charge in [0, 0.05) is 30.0 Å². The minimum Gasteiger partial charge on any atom is -0.490 e. The van der Waals surface area contributed by atoms with E-state index in [0.29, 0.717) is 41.2 Å². The van der Waals surface area contributed by atoms with Crippen molar-refractivity contribution >= 4 is 22.5 Å². The Morgan fingerprint density at radius 1 is 1.21 bits per heavy atom. The number of benzene rings is 1. The van der Waals surface area contributed by atoms with Gasteiger partial charge in [-0.15, -0.1) is 0 Å². The van der Waals surface area contributed by atoms with Gasteiger partial charge in [0.25, 0.3) is 5.91 Å². The molecule has 4 aromatic rings. The molecular formula is C19H15F2N5O2. The van der Waals surface area contributed by atoms with Crippen molar-refractivity contribution in [3.63, 3.8) is 0 Å². The molecule has 2 N–H and O–H groups in total. The van der Waals surface area contributed by atoms with Gasteiger partial charge in [-0.1, -0.05) is 0 Å². The maximum atomic E-state index is 13.5. The van der Waals surface area contributed by atoms with Gasteiger partial charge in [0.1, 0.15) is 18.1 Å². The predicted octanol–water partition coefficient (Wildman–Crippen LogP) is 3.37. The van der Waals surface area contributed by atoms with E-state index in [1.165, 1.54) is 17.1 Å². The Labute approximate surface area is 158 Å². The zero-order chi connectivity index (χ0) is 19.5. The van der Waals surface area contributed by atoms with Crippen LogP contribution in [0.2, 0.25) is 0 Å². The summed E-state index contributed by atoms with van der Waals surface area (Å²) in [6.07, 6.45) is 6.22. The number of hydrogen-bond acceptors (Lipinski definition) is 4. The highest BCUT2D eigenvalue weighted by molar-refractivity contribution is 6.08. The van der Waals surface area contributed by atoms with Crippen LogP contribution in [0.3, 0.4) is 0 Å². The molecule has 0 radical (unpaired) electrons. The summed E-state index contributed by atoms with van der Waals surface area (Å²) < 4.78 is 33.9. The van der Waals surface area contributed by atoms with E-state index >= 15 is 0 Å². The molecular weight excluding hydrogens is 368 g/mol. The third-order valence-corrected chi connectivity index (χ3v) is 4.13. The van der Waals surface area contributed by atoms with Crippen LogP contribution in [0.1, 0.15) is 10.5 Å². The van der Waals surface area contributed by atoms with Crippen LogP contribution in [-0.2, 0) is 6.54 Å². The van der Waals surface area contributed by atoms with Crippen molar-refractivity contribution in [2.75, 3.05) is 11.9 Å². The maximum absolute atomic E-state index is 13.5. The van der Waals surface area contributed by atoms with Crippen molar-refractivity contribution in [3.8, 4) is 5.75 Å². The van der Waals surface area contributed by atoms with Gasteiger partial charge < -0.3 is 15.0 Å². The number of H-pyrrole nitrogens is 1. The molecule has 0 saturated heterocycles. The Balaban J connectivity index is 1.46. The fourth-order valence-corrected chi connectivity index (χ4v) is 2.79. The van der Waals surface area contributed by atoms with Gasteiger partial charge in [-0.25, -0.2) is 8.78 Å². The van der Waals surface area contributed by atoms with Crippen LogP contribution >= 0.6 is 0 Å². The van der Waals surface area contributed by atoms with E-state index in [0.717, 1.165) is 12.1 Å². The van der Waals surface area contributed by atoms with Crippen LogP contribution in [0.5, 0.6) is 5.75 Å². The van der Waals surface area contributed by atoms with E-state index < -0.39 is 17.5 Å². The summed E-state index contributed by atoms with van der Waals surface area (Å²) in [5.74, 6) is -1.75. The summed E-state index contributed by atoms with van der Waals surface area (Å²) in [7, 11) is 0. The van der Waals surface area contributed by atoms with Gasteiger partial charge in [0.15, 0.2) is 11.6 Å². The van der Waals surface area contributed by atoms with Crippen LogP contribution in [0, 0.1) is 11.6 Å². The lowest BCUT2D eigenvalue weighted by Crippen LogP contribution is -2.20. The Morgan fingerprint density at radius 2 is 2.07 bits per heavy atom. The number of rotatable bonds is 6. The maximum Gasteiger partial charge on any atom is 0.273 e. The molecule has 0 aliphatic heterocycles. The fourth-order valence-electron chi connectivity index (χ4n) is 2.79. The third kappa shape index (κ3) is 3.54. The van der Waals surface area contributed by atoms with Crippen LogP contribution in [-0.4, -0.2) is 32.3 Å². The molecule has 9 heteroatoms. The summed E-state index contributed by atoms with van der Waals surface area (Å²) in [4.78, 5) is 19.4. The first-order chi connectivity index (χ1) is 13.6. The molecule has 0 unspecified atom stereocenters. The van der Waals surface area contributed by atoms with E-state index in [-0.39, 0.29) is 0 Å². The van der Waals surface area contributed by atoms with Gasteiger partial charge >= 0.3 is 0 Å². The molecule has 1 aromatic carbocycles. The molecule has 0 saturated carbocycles. The first kappa shape index (κ1) is 17.7. The highest BCUT2D eigenvalue weighted by atomic mass is 19.2. The van der Waals surface area contributed by atoms with E-state index in [4.69, 9.17) is 4.74 Å². The molecule has 3 heterocycles. The lowest BCUT2D eigenvalue weighted by molar-refractivity contribution is 0.101. The normalized spacial score (nSPS) is 10.9. The van der Waals surface area contributed by atoms with Crippen LogP contribution in [0.25, 0.3) is 10.9 Å². The number of aromatic amines is 1. The molecule has 28 heavy (non-hydrogen) atoms. The predicted molar refractivity (Wildman–Crippen MR) is 98.1 cm³/mol. The smallest absolute Gasteiger partial charge is 0.273 e. The average Bonchev–Trinajstić information content (AvgIpc) is 3.31. The summed E-state index contributed by atoms with van der Waals surface area (Å²) >= 11 is 0. The Kier molecular flexibility index (Phi) is 4.71. The molecule has 4 rings (SSSR count). The number of nitrogens with one attached hydrogen (secondary N) is 2. The summed E-state index contributed by atoms with van der Waals surface area (Å²) in [5.41, 5.74) is 1.04. The van der Waals surface area contributed by atoms with Crippen LogP contribution < -0.4 is 10.1 Å². The largest absolute Gasteiger partial charge is 0.490 e. The first-order valence-corrected chi connectivity index (χ1v) is 8.44. The minimum atomic E-state index is -0.986. The summed E-state index contributed by atoms with van der Waals surface area (Å²) in [6, 6.07) is 7.19. The average molecular weight is 383 g/mol. The van der Waals surface area contributed by atoms with Gasteiger partial charge in [0.05, 0.1) is 23.9 Å². The number of carbonyl (C=O) groups is 1. The molecule has 0 aliphatic carbocycles. The number of amides is 1. The van der Waals surface area contributed by atoms with E-state index in [1.807, 2.05) is 0 Å². The number of anilines is 1. The Hall–Kier alpha value is -3.75. The molecule has 142 valence electrons. The molecule has 7 nitrogen and oxygen atoms in total. The van der Waals surface area contributed by atoms with Gasteiger partial charge in [-0.05, 0) is 24.3 Å². The topological polar surface area (TPSA) is 84.8 Å². The van der Waals surface area contributed by atoms with Gasteiger partial charge in [-0.2, -0.15) is 5.10 Å². The fraction of sp³-hybridized carbons (Fsp3) is 0.105. The zero-order valence-corrected chi connectivity index (χ0v) is 14.5. The number of carbonyl (C=O) groups excluding carboxylic acids is 1. The minimum absolute atomic E-state index is 0.297. The summed E-state index contributed by atoms with van der Waals surface area (Å²) in [6.45, 7) is 0.642. The zero-order valence-electron chi connectivity index (χ0n) is 14.5. The van der Waals surface area contributed by atoms with Crippen molar-refractivity contribution in [2.24, 2.45) is 0 Å². The van der Waals surface area contributed by atoms with Crippen LogP contribution in [0.4, 0.5) is 14.5 Å². The quantitative estimate of drug-likeness (QED) is 0.535. The van der Waals surface area contributed by atoms with Crippen molar-refractivity contribution in [3.05, 3.63) is 72.4 Å². The number of pyridine rings is 1. The monoisotopic (exact) mass is 383 g/mol. The molecule has 1 amide bonds. The molecule has 0 atom stereocenters. The third-order valence-electron chi connectivity index (χ3n) is 4.13. The van der Waals surface area contributed by atoms with Crippen molar-refractivity contribution in [1.29, 1.82) is 0 Å². The number of ether oxygens (including phenoxy) is 1.